The van der Waals surface area contributed by atoms with Gasteiger partial charge in [0.25, 0.3) is 0 Å². The van der Waals surface area contributed by atoms with Gasteiger partial charge in [-0.2, -0.15) is 0 Å². The van der Waals surface area contributed by atoms with Crippen LogP contribution < -0.4 is 5.32 Å². The maximum Gasteiger partial charge on any atom is 0.247 e. The van der Waals surface area contributed by atoms with Crippen LogP contribution in [0.4, 0.5) is 5.69 Å². The number of aryl methyl sites for hydroxylation is 2. The Morgan fingerprint density at radius 2 is 1.75 bits per heavy atom. The molecule has 0 spiro atoms. The van der Waals surface area contributed by atoms with E-state index in [1.54, 1.807) is 4.90 Å². The Hall–Kier alpha value is -2.62. The van der Waals surface area contributed by atoms with Gasteiger partial charge in [-0.25, -0.2) is 0 Å². The Kier molecular flexibility index (Phi) is 4.65. The first-order valence-corrected chi connectivity index (χ1v) is 8.27. The highest BCUT2D eigenvalue weighted by Crippen LogP contribution is 2.25. The van der Waals surface area contributed by atoms with E-state index < -0.39 is 6.04 Å². The van der Waals surface area contributed by atoms with E-state index in [1.165, 1.54) is 0 Å². The van der Waals surface area contributed by atoms with Crippen LogP contribution in [0.15, 0.2) is 48.5 Å². The fourth-order valence-electron chi connectivity index (χ4n) is 3.20. The second kappa shape index (κ2) is 6.87. The Bertz CT molecular complexity index is 735. The van der Waals surface area contributed by atoms with E-state index in [1.807, 2.05) is 62.4 Å². The molecule has 124 valence electrons. The van der Waals surface area contributed by atoms with Crippen LogP contribution in [-0.4, -0.2) is 22.8 Å². The van der Waals surface area contributed by atoms with Crippen molar-refractivity contribution in [2.75, 3.05) is 5.32 Å². The smallest absolute Gasteiger partial charge is 0.247 e. The molecule has 0 saturated carbocycles. The average molecular weight is 322 g/mol. The topological polar surface area (TPSA) is 49.4 Å². The highest BCUT2D eigenvalue weighted by molar-refractivity contribution is 5.99. The molecule has 3 rings (SSSR count). The van der Waals surface area contributed by atoms with Gasteiger partial charge >= 0.3 is 0 Å². The Morgan fingerprint density at radius 1 is 1.08 bits per heavy atom. The second-order valence-corrected chi connectivity index (χ2v) is 6.32. The molecule has 1 N–H and O–H groups in total. The van der Waals surface area contributed by atoms with Crippen molar-refractivity contribution in [2.45, 2.75) is 39.3 Å². The number of benzene rings is 2. The summed E-state index contributed by atoms with van der Waals surface area (Å²) in [4.78, 5) is 26.7. The number of nitrogens with one attached hydrogen (secondary N) is 1. The van der Waals surface area contributed by atoms with Crippen molar-refractivity contribution in [1.29, 1.82) is 0 Å². The van der Waals surface area contributed by atoms with E-state index in [2.05, 4.69) is 5.32 Å². The van der Waals surface area contributed by atoms with Gasteiger partial charge in [0, 0.05) is 18.7 Å². The molecule has 0 bridgehead atoms. The number of likely N-dealkylation sites (tertiary alicyclic amines) is 1. The molecule has 0 aliphatic carbocycles. The molecule has 1 fully saturated rings. The normalized spacial score (nSPS) is 17.2. The summed E-state index contributed by atoms with van der Waals surface area (Å²) in [5.74, 6) is -0.0605. The lowest BCUT2D eigenvalue weighted by atomic mass is 10.1. The fourth-order valence-corrected chi connectivity index (χ4v) is 3.20. The number of rotatable bonds is 4. The average Bonchev–Trinajstić information content (AvgIpc) is 2.93. The van der Waals surface area contributed by atoms with Crippen molar-refractivity contribution < 1.29 is 9.59 Å². The minimum atomic E-state index is -0.406. The zero-order valence-electron chi connectivity index (χ0n) is 14.1. The van der Waals surface area contributed by atoms with E-state index in [9.17, 15) is 9.59 Å². The third-order valence-electron chi connectivity index (χ3n) is 4.56. The zero-order chi connectivity index (χ0) is 17.1. The molecule has 4 nitrogen and oxygen atoms in total. The van der Waals surface area contributed by atoms with Crippen LogP contribution in [0.3, 0.4) is 0 Å². The van der Waals surface area contributed by atoms with Crippen LogP contribution in [0.2, 0.25) is 0 Å². The fraction of sp³-hybridized carbons (Fsp3) is 0.300. The summed E-state index contributed by atoms with van der Waals surface area (Å²) in [6.07, 6.45) is 1.00. The van der Waals surface area contributed by atoms with Crippen LogP contribution in [-0.2, 0) is 16.1 Å². The number of hydrogen-bond donors (Lipinski definition) is 1. The van der Waals surface area contributed by atoms with Gasteiger partial charge in [0.05, 0.1) is 0 Å². The van der Waals surface area contributed by atoms with E-state index in [0.29, 0.717) is 19.4 Å². The molecule has 2 aromatic rings. The third-order valence-corrected chi connectivity index (χ3v) is 4.56. The van der Waals surface area contributed by atoms with E-state index in [0.717, 1.165) is 22.4 Å². The van der Waals surface area contributed by atoms with Crippen molar-refractivity contribution in [3.8, 4) is 0 Å². The largest absolute Gasteiger partial charge is 0.326 e. The number of para-hydroxylation sites is 1. The highest BCUT2D eigenvalue weighted by Gasteiger charge is 2.36. The van der Waals surface area contributed by atoms with Crippen LogP contribution in [0, 0.1) is 13.8 Å². The van der Waals surface area contributed by atoms with Gasteiger partial charge in [0.1, 0.15) is 6.04 Å². The van der Waals surface area contributed by atoms with Crippen LogP contribution in [0.1, 0.15) is 29.5 Å². The monoisotopic (exact) mass is 322 g/mol. The van der Waals surface area contributed by atoms with Crippen molar-refractivity contribution in [3.05, 3.63) is 65.2 Å². The molecular weight excluding hydrogens is 300 g/mol. The molecule has 1 atom stereocenters. The molecule has 1 aliphatic heterocycles. The van der Waals surface area contributed by atoms with Gasteiger partial charge < -0.3 is 10.2 Å². The van der Waals surface area contributed by atoms with E-state index in [4.69, 9.17) is 0 Å². The molecule has 2 amide bonds. The Balaban J connectivity index is 1.77. The lowest BCUT2D eigenvalue weighted by Crippen LogP contribution is -2.41. The number of anilines is 1. The summed E-state index contributed by atoms with van der Waals surface area (Å²) in [7, 11) is 0. The van der Waals surface area contributed by atoms with Gasteiger partial charge in [-0.3, -0.25) is 9.59 Å². The van der Waals surface area contributed by atoms with Crippen LogP contribution in [0.5, 0.6) is 0 Å². The summed E-state index contributed by atoms with van der Waals surface area (Å²) in [5.41, 5.74) is 3.95. The van der Waals surface area contributed by atoms with Gasteiger partial charge in [0.15, 0.2) is 0 Å². The molecule has 0 radical (unpaired) electrons. The van der Waals surface area contributed by atoms with Gasteiger partial charge in [-0.1, -0.05) is 48.5 Å². The molecule has 1 unspecified atom stereocenters. The summed E-state index contributed by atoms with van der Waals surface area (Å²) in [5, 5.41) is 3.02. The molecule has 0 aromatic heterocycles. The quantitative estimate of drug-likeness (QED) is 0.937. The number of hydrogen-bond acceptors (Lipinski definition) is 2. The molecule has 2 aromatic carbocycles. The predicted molar refractivity (Wildman–Crippen MR) is 94.6 cm³/mol. The molecular formula is C20H22N2O2. The minimum Gasteiger partial charge on any atom is -0.326 e. The first-order valence-electron chi connectivity index (χ1n) is 8.27. The van der Waals surface area contributed by atoms with Crippen LogP contribution in [0.25, 0.3) is 0 Å². The number of nitrogens with zero attached hydrogens (tertiary/aromatic N) is 1. The second-order valence-electron chi connectivity index (χ2n) is 6.32. The first-order chi connectivity index (χ1) is 11.6. The molecule has 4 heteroatoms. The number of carbonyl (C=O) groups excluding carboxylic acids is 2. The van der Waals surface area contributed by atoms with Crippen molar-refractivity contribution >= 4 is 17.5 Å². The molecule has 1 saturated heterocycles. The number of amides is 2. The lowest BCUT2D eigenvalue weighted by molar-refractivity contribution is -0.133. The minimum absolute atomic E-state index is 0.0421. The molecule has 1 aliphatic rings. The first kappa shape index (κ1) is 16.2. The summed E-state index contributed by atoms with van der Waals surface area (Å²) >= 11 is 0. The third kappa shape index (κ3) is 3.32. The maximum absolute atomic E-state index is 12.8. The van der Waals surface area contributed by atoms with Crippen LogP contribution >= 0.6 is 0 Å². The maximum atomic E-state index is 12.8. The summed E-state index contributed by atoms with van der Waals surface area (Å²) < 4.78 is 0. The van der Waals surface area contributed by atoms with Crippen molar-refractivity contribution in [1.82, 2.24) is 4.90 Å². The zero-order valence-corrected chi connectivity index (χ0v) is 14.1. The van der Waals surface area contributed by atoms with Crippen molar-refractivity contribution in [2.24, 2.45) is 0 Å². The van der Waals surface area contributed by atoms with E-state index >= 15 is 0 Å². The van der Waals surface area contributed by atoms with Crippen molar-refractivity contribution in [3.63, 3.8) is 0 Å². The molecule has 1 heterocycles. The highest BCUT2D eigenvalue weighted by atomic mass is 16.2. The van der Waals surface area contributed by atoms with Gasteiger partial charge in [-0.05, 0) is 37.0 Å². The molecule has 24 heavy (non-hydrogen) atoms. The predicted octanol–water partition coefficient (Wildman–Crippen LogP) is 3.43. The van der Waals surface area contributed by atoms with E-state index in [-0.39, 0.29) is 11.8 Å². The Labute approximate surface area is 142 Å². The lowest BCUT2D eigenvalue weighted by Gasteiger charge is -2.25. The van der Waals surface area contributed by atoms with Gasteiger partial charge in [0.2, 0.25) is 11.8 Å². The Morgan fingerprint density at radius 3 is 2.42 bits per heavy atom. The number of carbonyl (C=O) groups is 2. The standard InChI is InChI=1S/C20H22N2O2/c1-14-7-6-8-15(2)19(14)21-20(24)17-11-12-18(23)22(17)13-16-9-4-3-5-10-16/h3-10,17H,11-13H2,1-2H3,(H,21,24). The SMILES string of the molecule is Cc1cccc(C)c1NC(=O)C1CCC(=O)N1Cc1ccccc1. The summed E-state index contributed by atoms with van der Waals surface area (Å²) in [6.45, 7) is 4.43. The summed E-state index contributed by atoms with van der Waals surface area (Å²) in [6, 6.07) is 15.3. The van der Waals surface area contributed by atoms with Gasteiger partial charge in [-0.15, -0.1) is 0 Å².